The lowest BCUT2D eigenvalue weighted by molar-refractivity contribution is 0.603. The molecule has 0 unspecified atom stereocenters. The van der Waals surface area contributed by atoms with Crippen LogP contribution in [0.3, 0.4) is 0 Å². The Morgan fingerprint density at radius 1 is 1.31 bits per heavy atom. The summed E-state index contributed by atoms with van der Waals surface area (Å²) in [7, 11) is 0. The van der Waals surface area contributed by atoms with Crippen molar-refractivity contribution in [1.29, 1.82) is 0 Å². The van der Waals surface area contributed by atoms with Gasteiger partial charge in [0.15, 0.2) is 0 Å². The molecule has 0 aliphatic carbocycles. The van der Waals surface area contributed by atoms with Crippen molar-refractivity contribution in [2.24, 2.45) is 0 Å². The second kappa shape index (κ2) is 3.22. The summed E-state index contributed by atoms with van der Waals surface area (Å²) in [6, 6.07) is 3.32. The van der Waals surface area contributed by atoms with Gasteiger partial charge in [0.2, 0.25) is 0 Å². The van der Waals surface area contributed by atoms with Gasteiger partial charge in [-0.1, -0.05) is 0 Å². The Kier molecular flexibility index (Phi) is 2.06. The summed E-state index contributed by atoms with van der Waals surface area (Å²) in [6.45, 7) is 0. The molecule has 0 aliphatic rings. The first kappa shape index (κ1) is 8.31. The Bertz CT molecular complexity index is 412. The number of halogens is 2. The Morgan fingerprint density at radius 2 is 2.15 bits per heavy atom. The van der Waals surface area contributed by atoms with Crippen LogP contribution in [-0.4, -0.2) is 4.98 Å². The van der Waals surface area contributed by atoms with E-state index in [1.807, 2.05) is 0 Å². The van der Waals surface area contributed by atoms with E-state index in [2.05, 4.69) is 11.2 Å². The third-order valence-electron chi connectivity index (χ3n) is 1.56. The van der Waals surface area contributed by atoms with Crippen molar-refractivity contribution >= 4 is 11.3 Å². The van der Waals surface area contributed by atoms with Gasteiger partial charge in [-0.15, -0.1) is 11.3 Å². The minimum atomic E-state index is -0.460. The normalized spacial score (nSPS) is 10.3. The molecule has 65 valence electrons. The number of aromatic nitrogens is 1. The Labute approximate surface area is 77.7 Å². The highest BCUT2D eigenvalue weighted by Crippen LogP contribution is 2.25. The molecule has 0 atom stereocenters. The molecule has 0 saturated heterocycles. The smallest absolute Gasteiger partial charge is 0.132 e. The number of thiazole rings is 1. The van der Waals surface area contributed by atoms with Crippen molar-refractivity contribution in [2.75, 3.05) is 0 Å². The summed E-state index contributed by atoms with van der Waals surface area (Å²) in [5.41, 5.74) is 1.74. The molecule has 0 bridgehead atoms. The zero-order valence-electron chi connectivity index (χ0n) is 6.42. The van der Waals surface area contributed by atoms with Gasteiger partial charge in [0.1, 0.15) is 17.8 Å². The second-order valence-electron chi connectivity index (χ2n) is 2.42. The molecule has 13 heavy (non-hydrogen) atoms. The minimum absolute atomic E-state index is 0.211. The lowest BCUT2D eigenvalue weighted by atomic mass is 10.2. The summed E-state index contributed by atoms with van der Waals surface area (Å²) in [6.07, 6.45) is 2.58. The van der Waals surface area contributed by atoms with E-state index in [0.717, 1.165) is 18.2 Å². The molecule has 2 rings (SSSR count). The summed E-state index contributed by atoms with van der Waals surface area (Å²) < 4.78 is 25.9. The van der Waals surface area contributed by atoms with Crippen LogP contribution in [0.5, 0.6) is 0 Å². The predicted molar refractivity (Wildman–Crippen MR) is 46.3 cm³/mol. The highest BCUT2D eigenvalue weighted by molar-refractivity contribution is 7.13. The van der Waals surface area contributed by atoms with E-state index < -0.39 is 11.6 Å². The van der Waals surface area contributed by atoms with Crippen LogP contribution in [0.2, 0.25) is 0 Å². The van der Waals surface area contributed by atoms with Crippen molar-refractivity contribution in [3.8, 4) is 10.4 Å². The first-order valence-corrected chi connectivity index (χ1v) is 4.42. The lowest BCUT2D eigenvalue weighted by Crippen LogP contribution is -1.83. The van der Waals surface area contributed by atoms with E-state index >= 15 is 0 Å². The molecular formula is C9H4F2NS. The van der Waals surface area contributed by atoms with Gasteiger partial charge < -0.3 is 0 Å². The number of hydrogen-bond donors (Lipinski definition) is 0. The standard InChI is InChI=1S/C9H4F2NS/c10-6-1-2-8(11)7(3-6)9-4-12-5-13-9/h1-3,5H. The van der Waals surface area contributed by atoms with Crippen LogP contribution >= 0.6 is 11.3 Å². The largest absolute Gasteiger partial charge is 0.242 e. The van der Waals surface area contributed by atoms with E-state index in [1.165, 1.54) is 16.8 Å². The first-order valence-electron chi connectivity index (χ1n) is 3.54. The van der Waals surface area contributed by atoms with Gasteiger partial charge in [-0.25, -0.2) is 13.8 Å². The fourth-order valence-corrected chi connectivity index (χ4v) is 1.59. The van der Waals surface area contributed by atoms with Crippen molar-refractivity contribution < 1.29 is 8.78 Å². The third kappa shape index (κ3) is 1.58. The van der Waals surface area contributed by atoms with Crippen LogP contribution in [-0.2, 0) is 0 Å². The maximum Gasteiger partial charge on any atom is 0.132 e. The molecule has 0 N–H and O–H groups in total. The second-order valence-corrected chi connectivity index (χ2v) is 3.27. The number of benzene rings is 1. The molecule has 4 heteroatoms. The third-order valence-corrected chi connectivity index (χ3v) is 2.32. The van der Waals surface area contributed by atoms with E-state index in [4.69, 9.17) is 0 Å². The van der Waals surface area contributed by atoms with E-state index in [9.17, 15) is 8.78 Å². The van der Waals surface area contributed by atoms with Gasteiger partial charge in [0.25, 0.3) is 0 Å². The zero-order chi connectivity index (χ0) is 9.26. The van der Waals surface area contributed by atoms with Gasteiger partial charge in [-0.05, 0) is 18.2 Å². The van der Waals surface area contributed by atoms with Gasteiger partial charge >= 0.3 is 0 Å². The fraction of sp³-hybridized carbons (Fsp3) is 0. The Morgan fingerprint density at radius 3 is 2.85 bits per heavy atom. The maximum atomic E-state index is 13.1. The number of nitrogens with zero attached hydrogens (tertiary/aromatic N) is 1. The SMILES string of the molecule is Fc1ccc(F)c(-c2[c]ncs2)c1. The van der Waals surface area contributed by atoms with E-state index in [0.29, 0.717) is 4.88 Å². The lowest BCUT2D eigenvalue weighted by Gasteiger charge is -1.97. The Hall–Kier alpha value is -1.29. The first-order chi connectivity index (χ1) is 6.27. The molecule has 1 aromatic carbocycles. The van der Waals surface area contributed by atoms with Gasteiger partial charge in [-0.2, -0.15) is 0 Å². The number of hydrogen-bond acceptors (Lipinski definition) is 2. The Balaban J connectivity index is 2.57. The molecule has 0 fully saturated rings. The monoisotopic (exact) mass is 196 g/mol. The quantitative estimate of drug-likeness (QED) is 0.683. The van der Waals surface area contributed by atoms with Crippen LogP contribution in [0.4, 0.5) is 8.78 Å². The molecule has 1 aromatic heterocycles. The molecule has 2 aromatic rings. The molecule has 1 radical (unpaired) electrons. The van der Waals surface area contributed by atoms with Crippen molar-refractivity contribution in [2.45, 2.75) is 0 Å². The van der Waals surface area contributed by atoms with Crippen LogP contribution in [0.15, 0.2) is 23.7 Å². The average molecular weight is 196 g/mol. The van der Waals surface area contributed by atoms with Crippen LogP contribution < -0.4 is 0 Å². The summed E-state index contributed by atoms with van der Waals surface area (Å²) in [5, 5.41) is 0. The minimum Gasteiger partial charge on any atom is -0.242 e. The molecule has 0 spiro atoms. The van der Waals surface area contributed by atoms with E-state index in [1.54, 1.807) is 0 Å². The van der Waals surface area contributed by atoms with Crippen LogP contribution in [0.25, 0.3) is 10.4 Å². The highest BCUT2D eigenvalue weighted by atomic mass is 32.1. The van der Waals surface area contributed by atoms with Gasteiger partial charge in [0, 0.05) is 5.56 Å². The molecule has 0 aliphatic heterocycles. The van der Waals surface area contributed by atoms with Crippen molar-refractivity contribution in [3.63, 3.8) is 0 Å². The summed E-state index contributed by atoms with van der Waals surface area (Å²) in [5.74, 6) is -0.917. The molecule has 1 heterocycles. The molecular weight excluding hydrogens is 192 g/mol. The van der Waals surface area contributed by atoms with E-state index in [-0.39, 0.29) is 5.56 Å². The zero-order valence-corrected chi connectivity index (χ0v) is 7.24. The fourth-order valence-electron chi connectivity index (χ4n) is 0.986. The summed E-state index contributed by atoms with van der Waals surface area (Å²) >= 11 is 1.23. The maximum absolute atomic E-state index is 13.1. The molecule has 0 saturated carbocycles. The average Bonchev–Trinajstić information content (AvgIpc) is 2.61. The van der Waals surface area contributed by atoms with Gasteiger partial charge in [-0.3, -0.25) is 0 Å². The molecule has 0 amide bonds. The highest BCUT2D eigenvalue weighted by Gasteiger charge is 2.07. The van der Waals surface area contributed by atoms with Gasteiger partial charge in [0.05, 0.1) is 10.4 Å². The number of rotatable bonds is 1. The van der Waals surface area contributed by atoms with Crippen molar-refractivity contribution in [1.82, 2.24) is 4.98 Å². The van der Waals surface area contributed by atoms with Crippen LogP contribution in [0.1, 0.15) is 0 Å². The predicted octanol–water partition coefficient (Wildman–Crippen LogP) is 2.89. The van der Waals surface area contributed by atoms with Crippen molar-refractivity contribution in [3.05, 3.63) is 41.5 Å². The van der Waals surface area contributed by atoms with Crippen LogP contribution in [0, 0.1) is 17.8 Å². The molecule has 1 nitrogen and oxygen atoms in total. The topological polar surface area (TPSA) is 12.9 Å². The summed E-state index contributed by atoms with van der Waals surface area (Å²) in [4.78, 5) is 4.18.